The number of hydrogen-bond acceptors (Lipinski definition) is 1. The molecule has 1 fully saturated rings. The van der Waals surface area contributed by atoms with E-state index in [2.05, 4.69) is 27.9 Å². The molecule has 0 bridgehead atoms. The van der Waals surface area contributed by atoms with E-state index in [0.717, 1.165) is 9.26 Å². The molecular formula is C15H19ClINO. The summed E-state index contributed by atoms with van der Waals surface area (Å²) in [5.74, 6) is 0.639. The van der Waals surface area contributed by atoms with Crippen molar-refractivity contribution in [3.05, 3.63) is 26.8 Å². The molecule has 104 valence electrons. The summed E-state index contributed by atoms with van der Waals surface area (Å²) in [6.07, 6.45) is 8.17. The van der Waals surface area contributed by atoms with Crippen molar-refractivity contribution in [1.29, 1.82) is 0 Å². The van der Waals surface area contributed by atoms with Gasteiger partial charge >= 0.3 is 0 Å². The van der Waals surface area contributed by atoms with E-state index in [9.17, 15) is 4.79 Å². The van der Waals surface area contributed by atoms with E-state index in [4.69, 9.17) is 11.6 Å². The standard InChI is InChI=1S/C15H19ClINO/c16-13-8-7-12(17)10-14(13)18-15(19)9-11-5-3-1-2-4-6-11/h7-8,10-11H,1-6,9H2,(H,18,19). The zero-order chi connectivity index (χ0) is 13.7. The molecule has 1 aliphatic rings. The van der Waals surface area contributed by atoms with Crippen molar-refractivity contribution >= 4 is 45.8 Å². The molecule has 1 aromatic rings. The summed E-state index contributed by atoms with van der Waals surface area (Å²) < 4.78 is 1.08. The Kier molecular flexibility index (Phi) is 5.95. The number of rotatable bonds is 3. The zero-order valence-electron chi connectivity index (χ0n) is 10.9. The van der Waals surface area contributed by atoms with Crippen LogP contribution in [0.25, 0.3) is 0 Å². The van der Waals surface area contributed by atoms with Gasteiger partial charge in [0.05, 0.1) is 10.7 Å². The summed E-state index contributed by atoms with van der Waals surface area (Å²) in [7, 11) is 0. The molecule has 1 N–H and O–H groups in total. The highest BCUT2D eigenvalue weighted by Gasteiger charge is 2.16. The van der Waals surface area contributed by atoms with E-state index in [1.54, 1.807) is 0 Å². The first kappa shape index (κ1) is 15.1. The lowest BCUT2D eigenvalue weighted by atomic mass is 9.96. The molecule has 0 spiro atoms. The first-order valence-electron chi connectivity index (χ1n) is 6.90. The summed E-state index contributed by atoms with van der Waals surface area (Å²) in [5, 5.41) is 3.55. The number of hydrogen-bond donors (Lipinski definition) is 1. The molecule has 1 aromatic carbocycles. The van der Waals surface area contributed by atoms with Gasteiger partial charge in [-0.3, -0.25) is 4.79 Å². The van der Waals surface area contributed by atoms with Gasteiger partial charge in [-0.15, -0.1) is 0 Å². The number of carbonyl (C=O) groups excluding carboxylic acids is 1. The van der Waals surface area contributed by atoms with Crippen molar-refractivity contribution in [2.75, 3.05) is 5.32 Å². The molecule has 2 rings (SSSR count). The Hall–Kier alpha value is -0.290. The third-order valence-electron chi connectivity index (χ3n) is 3.65. The Bertz CT molecular complexity index is 442. The maximum absolute atomic E-state index is 12.1. The van der Waals surface area contributed by atoms with Crippen LogP contribution in [0.1, 0.15) is 44.9 Å². The topological polar surface area (TPSA) is 29.1 Å². The van der Waals surface area contributed by atoms with E-state index in [0.29, 0.717) is 17.4 Å². The third kappa shape index (κ3) is 4.95. The SMILES string of the molecule is O=C(CC1CCCCCC1)Nc1cc(I)ccc1Cl. The number of nitrogens with one attached hydrogen (secondary N) is 1. The Balaban J connectivity index is 1.91. The van der Waals surface area contributed by atoms with Gasteiger partial charge in [-0.2, -0.15) is 0 Å². The van der Waals surface area contributed by atoms with Crippen molar-refractivity contribution in [2.45, 2.75) is 44.9 Å². The molecule has 1 saturated carbocycles. The maximum Gasteiger partial charge on any atom is 0.224 e. The van der Waals surface area contributed by atoms with Crippen LogP contribution in [-0.4, -0.2) is 5.91 Å². The highest BCUT2D eigenvalue weighted by atomic mass is 127. The summed E-state index contributed by atoms with van der Waals surface area (Å²) in [5.41, 5.74) is 0.729. The fraction of sp³-hybridized carbons (Fsp3) is 0.533. The van der Waals surface area contributed by atoms with Crippen LogP contribution in [0.4, 0.5) is 5.69 Å². The van der Waals surface area contributed by atoms with Gasteiger partial charge in [0.1, 0.15) is 0 Å². The molecular weight excluding hydrogens is 373 g/mol. The number of carbonyl (C=O) groups is 1. The fourth-order valence-electron chi connectivity index (χ4n) is 2.62. The molecule has 0 atom stereocenters. The Morgan fingerprint density at radius 2 is 1.95 bits per heavy atom. The smallest absolute Gasteiger partial charge is 0.224 e. The number of amides is 1. The van der Waals surface area contributed by atoms with E-state index < -0.39 is 0 Å². The van der Waals surface area contributed by atoms with Crippen molar-refractivity contribution in [1.82, 2.24) is 0 Å². The molecule has 0 aliphatic heterocycles. The lowest BCUT2D eigenvalue weighted by Crippen LogP contribution is -2.16. The highest BCUT2D eigenvalue weighted by molar-refractivity contribution is 14.1. The van der Waals surface area contributed by atoms with E-state index in [1.165, 1.54) is 38.5 Å². The van der Waals surface area contributed by atoms with Gasteiger partial charge in [0, 0.05) is 9.99 Å². The minimum Gasteiger partial charge on any atom is -0.325 e. The second-order valence-electron chi connectivity index (χ2n) is 5.23. The molecule has 1 amide bonds. The van der Waals surface area contributed by atoms with Gasteiger partial charge < -0.3 is 5.32 Å². The number of halogens is 2. The normalized spacial score (nSPS) is 16.9. The summed E-state index contributed by atoms with van der Waals surface area (Å²) in [4.78, 5) is 12.1. The largest absolute Gasteiger partial charge is 0.325 e. The zero-order valence-corrected chi connectivity index (χ0v) is 13.8. The monoisotopic (exact) mass is 391 g/mol. The Labute approximate surface area is 133 Å². The number of anilines is 1. The summed E-state index contributed by atoms with van der Waals surface area (Å²) >= 11 is 8.31. The molecule has 0 unspecified atom stereocenters. The van der Waals surface area contributed by atoms with Gasteiger partial charge in [0.2, 0.25) is 5.91 Å². The van der Waals surface area contributed by atoms with Crippen molar-refractivity contribution in [3.63, 3.8) is 0 Å². The van der Waals surface area contributed by atoms with E-state index in [-0.39, 0.29) is 5.91 Å². The Morgan fingerprint density at radius 1 is 1.26 bits per heavy atom. The number of benzene rings is 1. The highest BCUT2D eigenvalue weighted by Crippen LogP contribution is 2.27. The molecule has 1 aliphatic carbocycles. The van der Waals surface area contributed by atoms with Crippen LogP contribution < -0.4 is 5.32 Å². The van der Waals surface area contributed by atoms with Gasteiger partial charge in [-0.05, 0) is 59.5 Å². The fourth-order valence-corrected chi connectivity index (χ4v) is 3.28. The molecule has 19 heavy (non-hydrogen) atoms. The first-order valence-corrected chi connectivity index (χ1v) is 8.36. The molecule has 2 nitrogen and oxygen atoms in total. The van der Waals surface area contributed by atoms with Crippen LogP contribution >= 0.6 is 34.2 Å². The van der Waals surface area contributed by atoms with Gasteiger partial charge in [0.15, 0.2) is 0 Å². The molecule has 0 aromatic heterocycles. The average molecular weight is 392 g/mol. The van der Waals surface area contributed by atoms with E-state index in [1.807, 2.05) is 18.2 Å². The molecule has 0 heterocycles. The van der Waals surface area contributed by atoms with Gasteiger partial charge in [-0.1, -0.05) is 37.3 Å². The molecule has 0 radical (unpaired) electrons. The predicted octanol–water partition coefficient (Wildman–Crippen LogP) is 5.24. The minimum absolute atomic E-state index is 0.0933. The van der Waals surface area contributed by atoms with Crippen LogP contribution in [0.5, 0.6) is 0 Å². The van der Waals surface area contributed by atoms with Crippen molar-refractivity contribution in [2.24, 2.45) is 5.92 Å². The summed E-state index contributed by atoms with van der Waals surface area (Å²) in [6.45, 7) is 0. The second-order valence-corrected chi connectivity index (χ2v) is 6.89. The van der Waals surface area contributed by atoms with Gasteiger partial charge in [0.25, 0.3) is 0 Å². The lowest BCUT2D eigenvalue weighted by molar-refractivity contribution is -0.117. The lowest BCUT2D eigenvalue weighted by Gasteiger charge is -2.14. The first-order chi connectivity index (χ1) is 9.15. The second kappa shape index (κ2) is 7.48. The summed E-state index contributed by atoms with van der Waals surface area (Å²) in [6, 6.07) is 5.67. The van der Waals surface area contributed by atoms with Crippen LogP contribution in [0.15, 0.2) is 18.2 Å². The minimum atomic E-state index is 0.0933. The molecule has 4 heteroatoms. The van der Waals surface area contributed by atoms with Crippen molar-refractivity contribution in [3.8, 4) is 0 Å². The van der Waals surface area contributed by atoms with Crippen LogP contribution in [-0.2, 0) is 4.79 Å². The van der Waals surface area contributed by atoms with Crippen molar-refractivity contribution < 1.29 is 4.79 Å². The predicted molar refractivity (Wildman–Crippen MR) is 88.6 cm³/mol. The van der Waals surface area contributed by atoms with Crippen LogP contribution in [0.2, 0.25) is 5.02 Å². The van der Waals surface area contributed by atoms with Gasteiger partial charge in [-0.25, -0.2) is 0 Å². The van der Waals surface area contributed by atoms with Crippen LogP contribution in [0.3, 0.4) is 0 Å². The quantitative estimate of drug-likeness (QED) is 0.554. The average Bonchev–Trinajstić information content (AvgIpc) is 2.62. The maximum atomic E-state index is 12.1. The third-order valence-corrected chi connectivity index (χ3v) is 4.65. The van der Waals surface area contributed by atoms with E-state index >= 15 is 0 Å². The van der Waals surface area contributed by atoms with Crippen LogP contribution in [0, 0.1) is 9.49 Å². The molecule has 0 saturated heterocycles. The Morgan fingerprint density at radius 3 is 2.63 bits per heavy atom.